The lowest BCUT2D eigenvalue weighted by Crippen LogP contribution is -2.28. The number of hydrogen-bond acceptors (Lipinski definition) is 4. The zero-order valence-corrected chi connectivity index (χ0v) is 12.1. The van der Waals surface area contributed by atoms with Gasteiger partial charge >= 0.3 is 0 Å². The lowest BCUT2D eigenvalue weighted by molar-refractivity contribution is 0.0799. The highest BCUT2D eigenvalue weighted by atomic mass is 32.2. The molecule has 0 bridgehead atoms. The van der Waals surface area contributed by atoms with Gasteiger partial charge < -0.3 is 14.7 Å². The molecule has 0 aliphatic carbocycles. The summed E-state index contributed by atoms with van der Waals surface area (Å²) in [5.41, 5.74) is 1.11. The Morgan fingerprint density at radius 2 is 2.32 bits per heavy atom. The molecule has 2 rings (SSSR count). The molecule has 104 valence electrons. The highest BCUT2D eigenvalue weighted by molar-refractivity contribution is 7.99. The van der Waals surface area contributed by atoms with Gasteiger partial charge in [-0.2, -0.15) is 0 Å². The Morgan fingerprint density at radius 1 is 1.53 bits per heavy atom. The second-order valence-electron chi connectivity index (χ2n) is 4.50. The van der Waals surface area contributed by atoms with E-state index in [9.17, 15) is 9.90 Å². The summed E-state index contributed by atoms with van der Waals surface area (Å²) in [4.78, 5) is 14.1. The van der Waals surface area contributed by atoms with Crippen LogP contribution in [-0.4, -0.2) is 41.2 Å². The fraction of sp³-hybridized carbons (Fsp3) is 0.500. The van der Waals surface area contributed by atoms with Crippen molar-refractivity contribution in [2.45, 2.75) is 19.8 Å². The van der Waals surface area contributed by atoms with E-state index in [0.29, 0.717) is 23.6 Å². The number of phenolic OH excluding ortho intramolecular Hbond substituents is 1. The molecule has 1 aliphatic rings. The van der Waals surface area contributed by atoms with Gasteiger partial charge in [-0.15, -0.1) is 11.8 Å². The van der Waals surface area contributed by atoms with Crippen molar-refractivity contribution in [3.8, 4) is 11.5 Å². The van der Waals surface area contributed by atoms with Gasteiger partial charge in [0.25, 0.3) is 5.91 Å². The van der Waals surface area contributed by atoms with Crippen molar-refractivity contribution in [2.75, 3.05) is 25.3 Å². The Bertz CT molecular complexity index is 470. The topological polar surface area (TPSA) is 49.8 Å². The summed E-state index contributed by atoms with van der Waals surface area (Å²) in [6.45, 7) is 2.78. The van der Waals surface area contributed by atoms with Crippen LogP contribution in [0.5, 0.6) is 11.5 Å². The van der Waals surface area contributed by atoms with E-state index in [1.54, 1.807) is 35.9 Å². The number of amides is 1. The van der Waals surface area contributed by atoms with Crippen molar-refractivity contribution in [2.24, 2.45) is 0 Å². The molecule has 1 aromatic rings. The van der Waals surface area contributed by atoms with Crippen LogP contribution in [0.4, 0.5) is 0 Å². The second-order valence-corrected chi connectivity index (χ2v) is 5.57. The molecule has 0 saturated carbocycles. The minimum absolute atomic E-state index is 0.0723. The van der Waals surface area contributed by atoms with Crippen LogP contribution in [0.1, 0.15) is 29.3 Å². The number of thioether (sulfide) groups is 1. The van der Waals surface area contributed by atoms with Gasteiger partial charge in [0.15, 0.2) is 0 Å². The maximum atomic E-state index is 12.3. The predicted octanol–water partition coefficient (Wildman–Crippen LogP) is 2.50. The smallest absolute Gasteiger partial charge is 0.258 e. The summed E-state index contributed by atoms with van der Waals surface area (Å²) in [5.74, 6) is 2.29. The fourth-order valence-corrected chi connectivity index (χ4v) is 3.16. The van der Waals surface area contributed by atoms with Crippen molar-refractivity contribution < 1.29 is 14.6 Å². The molecular weight excluding hydrogens is 262 g/mol. The van der Waals surface area contributed by atoms with Crippen molar-refractivity contribution in [3.05, 3.63) is 23.3 Å². The minimum Gasteiger partial charge on any atom is -0.507 e. The molecule has 1 N–H and O–H groups in total. The van der Waals surface area contributed by atoms with E-state index < -0.39 is 0 Å². The van der Waals surface area contributed by atoms with Crippen molar-refractivity contribution in [1.29, 1.82) is 0 Å². The molecule has 0 unspecified atom stereocenters. The Hall–Kier alpha value is -1.36. The number of carbonyl (C=O) groups excluding carboxylic acids is 1. The Kier molecular flexibility index (Phi) is 4.58. The molecule has 1 fully saturated rings. The number of phenols is 1. The monoisotopic (exact) mass is 281 g/mol. The van der Waals surface area contributed by atoms with E-state index >= 15 is 0 Å². The van der Waals surface area contributed by atoms with Crippen LogP contribution in [0, 0.1) is 0 Å². The van der Waals surface area contributed by atoms with E-state index in [1.807, 2.05) is 6.92 Å². The maximum absolute atomic E-state index is 12.3. The Morgan fingerprint density at radius 3 is 2.89 bits per heavy atom. The average molecular weight is 281 g/mol. The quantitative estimate of drug-likeness (QED) is 0.921. The summed E-state index contributed by atoms with van der Waals surface area (Å²) in [6.07, 6.45) is 1.59. The van der Waals surface area contributed by atoms with Crippen LogP contribution in [-0.2, 0) is 6.42 Å². The molecule has 5 heteroatoms. The molecule has 1 aromatic carbocycles. The average Bonchev–Trinajstić information content (AvgIpc) is 2.94. The molecule has 0 atom stereocenters. The Labute approximate surface area is 117 Å². The highest BCUT2D eigenvalue weighted by Gasteiger charge is 2.24. The van der Waals surface area contributed by atoms with Crippen molar-refractivity contribution >= 4 is 17.7 Å². The first-order valence-electron chi connectivity index (χ1n) is 6.44. The normalized spacial score (nSPS) is 14.7. The fourth-order valence-electron chi connectivity index (χ4n) is 2.22. The van der Waals surface area contributed by atoms with Crippen LogP contribution in [0.25, 0.3) is 0 Å². The van der Waals surface area contributed by atoms with Crippen LogP contribution in [0.2, 0.25) is 0 Å². The SMILES string of the molecule is CCCc1c(OC)ccc(C(=O)N2CCSC2)c1O. The number of ether oxygens (including phenoxy) is 1. The number of nitrogens with zero attached hydrogens (tertiary/aromatic N) is 1. The van der Waals surface area contributed by atoms with Gasteiger partial charge in [0.2, 0.25) is 0 Å². The van der Waals surface area contributed by atoms with Crippen molar-refractivity contribution in [1.82, 2.24) is 4.90 Å². The van der Waals surface area contributed by atoms with Gasteiger partial charge in [-0.1, -0.05) is 13.3 Å². The zero-order chi connectivity index (χ0) is 13.8. The van der Waals surface area contributed by atoms with Crippen LogP contribution in [0.3, 0.4) is 0 Å². The number of carbonyl (C=O) groups is 1. The minimum atomic E-state index is -0.0949. The maximum Gasteiger partial charge on any atom is 0.258 e. The molecule has 19 heavy (non-hydrogen) atoms. The first-order valence-corrected chi connectivity index (χ1v) is 7.60. The summed E-state index contributed by atoms with van der Waals surface area (Å²) >= 11 is 1.73. The molecule has 1 heterocycles. The first-order chi connectivity index (χ1) is 9.19. The number of rotatable bonds is 4. The lowest BCUT2D eigenvalue weighted by atomic mass is 10.0. The molecule has 1 amide bonds. The molecule has 0 aromatic heterocycles. The van der Waals surface area contributed by atoms with Crippen LogP contribution in [0.15, 0.2) is 12.1 Å². The molecule has 1 saturated heterocycles. The largest absolute Gasteiger partial charge is 0.507 e. The molecule has 1 aliphatic heterocycles. The van der Waals surface area contributed by atoms with E-state index in [2.05, 4.69) is 0 Å². The summed E-state index contributed by atoms with van der Waals surface area (Å²) < 4.78 is 5.25. The predicted molar refractivity (Wildman–Crippen MR) is 77.0 cm³/mol. The van der Waals surface area contributed by atoms with E-state index in [0.717, 1.165) is 24.3 Å². The zero-order valence-electron chi connectivity index (χ0n) is 11.3. The second kappa shape index (κ2) is 6.19. The first kappa shape index (κ1) is 14.1. The van der Waals surface area contributed by atoms with Gasteiger partial charge in [-0.3, -0.25) is 4.79 Å². The number of aromatic hydroxyl groups is 1. The van der Waals surface area contributed by atoms with E-state index in [-0.39, 0.29) is 11.7 Å². The van der Waals surface area contributed by atoms with Gasteiger partial charge in [-0.05, 0) is 18.6 Å². The number of benzene rings is 1. The standard InChI is InChI=1S/C14H19NO3S/c1-3-4-10-12(18-2)6-5-11(13(10)16)14(17)15-7-8-19-9-15/h5-6,16H,3-4,7-9H2,1-2H3. The van der Waals surface area contributed by atoms with Crippen LogP contribution < -0.4 is 4.74 Å². The molecular formula is C14H19NO3S. The number of methoxy groups -OCH3 is 1. The van der Waals surface area contributed by atoms with E-state index in [1.165, 1.54) is 0 Å². The number of hydrogen-bond donors (Lipinski definition) is 1. The van der Waals surface area contributed by atoms with Crippen molar-refractivity contribution in [3.63, 3.8) is 0 Å². The molecule has 4 nitrogen and oxygen atoms in total. The van der Waals surface area contributed by atoms with E-state index in [4.69, 9.17) is 4.74 Å². The van der Waals surface area contributed by atoms with Gasteiger partial charge in [0.1, 0.15) is 11.5 Å². The summed E-state index contributed by atoms with van der Waals surface area (Å²) in [7, 11) is 1.58. The Balaban J connectivity index is 2.35. The van der Waals surface area contributed by atoms with Gasteiger partial charge in [0, 0.05) is 17.9 Å². The lowest BCUT2D eigenvalue weighted by Gasteiger charge is -2.18. The van der Waals surface area contributed by atoms with Crippen LogP contribution >= 0.6 is 11.8 Å². The van der Waals surface area contributed by atoms with Gasteiger partial charge in [0.05, 0.1) is 18.6 Å². The molecule has 0 spiro atoms. The highest BCUT2D eigenvalue weighted by Crippen LogP contribution is 2.33. The third kappa shape index (κ3) is 2.81. The third-order valence-electron chi connectivity index (χ3n) is 3.23. The molecule has 0 radical (unpaired) electrons. The summed E-state index contributed by atoms with van der Waals surface area (Å²) in [6, 6.07) is 3.42. The van der Waals surface area contributed by atoms with Gasteiger partial charge in [-0.25, -0.2) is 0 Å². The summed E-state index contributed by atoms with van der Waals surface area (Å²) in [5, 5.41) is 10.3. The third-order valence-corrected chi connectivity index (χ3v) is 4.20.